The van der Waals surface area contributed by atoms with Crippen LogP contribution in [0.1, 0.15) is 0 Å². The van der Waals surface area contributed by atoms with Gasteiger partial charge in [0.1, 0.15) is 0 Å². The second-order valence-electron chi connectivity index (χ2n) is 4.91. The van der Waals surface area contributed by atoms with Gasteiger partial charge in [0.15, 0.2) is 0 Å². The minimum absolute atomic E-state index is 0.148. The fourth-order valence-corrected chi connectivity index (χ4v) is 3.12. The van der Waals surface area contributed by atoms with Crippen LogP contribution in [0.2, 0.25) is 0 Å². The molecule has 2 aromatic heterocycles. The summed E-state index contributed by atoms with van der Waals surface area (Å²) in [4.78, 5) is 10.1. The van der Waals surface area contributed by atoms with Crippen molar-refractivity contribution < 1.29 is 8.78 Å². The number of nitrogens with zero attached hydrogens (tertiary/aromatic N) is 5. The molecular weight excluding hydrogens is 296 g/mol. The molecule has 0 bridgehead atoms. The Morgan fingerprint density at radius 3 is 2.90 bits per heavy atom. The van der Waals surface area contributed by atoms with Crippen LogP contribution in [0.15, 0.2) is 24.5 Å². The van der Waals surface area contributed by atoms with E-state index in [4.69, 9.17) is 0 Å². The number of hydrogen-bond acceptors (Lipinski definition) is 5. The molecule has 3 heterocycles. The largest absolute Gasteiger partial charge is 0.334 e. The summed E-state index contributed by atoms with van der Waals surface area (Å²) in [7, 11) is 1.81. The lowest BCUT2D eigenvalue weighted by Gasteiger charge is -2.23. The average molecular weight is 311 g/mol. The molecule has 1 aliphatic heterocycles. The Morgan fingerprint density at radius 1 is 1.29 bits per heavy atom. The van der Waals surface area contributed by atoms with Crippen LogP contribution < -0.4 is 4.90 Å². The van der Waals surface area contributed by atoms with Crippen LogP contribution in [0.3, 0.4) is 0 Å². The molecule has 0 atom stereocenters. The number of anilines is 1. The third-order valence-corrected chi connectivity index (χ3v) is 4.35. The lowest BCUT2D eigenvalue weighted by Crippen LogP contribution is -2.38. The van der Waals surface area contributed by atoms with Crippen LogP contribution in [0.4, 0.5) is 14.7 Å². The minimum atomic E-state index is -2.72. The van der Waals surface area contributed by atoms with Crippen molar-refractivity contribution in [2.45, 2.75) is 5.92 Å². The van der Waals surface area contributed by atoms with Gasteiger partial charge in [0.05, 0.1) is 23.7 Å². The van der Waals surface area contributed by atoms with Gasteiger partial charge in [-0.2, -0.15) is 16.9 Å². The first-order valence-electron chi connectivity index (χ1n) is 6.57. The van der Waals surface area contributed by atoms with Crippen molar-refractivity contribution in [1.29, 1.82) is 0 Å². The number of rotatable bonds is 2. The van der Waals surface area contributed by atoms with Gasteiger partial charge in [0.25, 0.3) is 5.92 Å². The zero-order valence-corrected chi connectivity index (χ0v) is 12.4. The average Bonchev–Trinajstić information content (AvgIpc) is 2.79. The topological polar surface area (TPSA) is 46.8 Å². The standard InChI is InChI=1S/C13H15F2N5S/c1-19-11(3-5-17-19)10-2-4-16-12(18-10)20-6-7-21-9-13(14,15)8-20/h2-5H,6-9H2,1H3. The van der Waals surface area contributed by atoms with Crippen LogP contribution in [0.5, 0.6) is 0 Å². The van der Waals surface area contributed by atoms with Gasteiger partial charge >= 0.3 is 0 Å². The Kier molecular flexibility index (Phi) is 3.79. The fraction of sp³-hybridized carbons (Fsp3) is 0.462. The minimum Gasteiger partial charge on any atom is -0.334 e. The maximum Gasteiger partial charge on any atom is 0.274 e. The van der Waals surface area contributed by atoms with Crippen LogP contribution in [0, 0.1) is 0 Å². The summed E-state index contributed by atoms with van der Waals surface area (Å²) < 4.78 is 29.1. The zero-order valence-electron chi connectivity index (χ0n) is 11.5. The van der Waals surface area contributed by atoms with E-state index in [1.807, 2.05) is 13.1 Å². The number of halogens is 2. The first-order valence-corrected chi connectivity index (χ1v) is 7.73. The molecule has 0 amide bonds. The van der Waals surface area contributed by atoms with Crippen LogP contribution in [-0.2, 0) is 7.05 Å². The van der Waals surface area contributed by atoms with E-state index in [9.17, 15) is 8.78 Å². The highest BCUT2D eigenvalue weighted by Gasteiger charge is 2.35. The maximum atomic E-state index is 13.7. The van der Waals surface area contributed by atoms with Crippen molar-refractivity contribution in [3.8, 4) is 11.4 Å². The molecule has 0 N–H and O–H groups in total. The smallest absolute Gasteiger partial charge is 0.274 e. The monoisotopic (exact) mass is 311 g/mol. The second kappa shape index (κ2) is 5.59. The van der Waals surface area contributed by atoms with E-state index in [1.54, 1.807) is 28.0 Å². The van der Waals surface area contributed by atoms with Gasteiger partial charge in [-0.15, -0.1) is 0 Å². The molecule has 1 saturated heterocycles. The van der Waals surface area contributed by atoms with Crippen LogP contribution in [0.25, 0.3) is 11.4 Å². The van der Waals surface area contributed by atoms with Gasteiger partial charge in [-0.3, -0.25) is 4.68 Å². The lowest BCUT2D eigenvalue weighted by atomic mass is 10.3. The van der Waals surface area contributed by atoms with Gasteiger partial charge < -0.3 is 4.90 Å². The molecule has 0 aromatic carbocycles. The molecule has 21 heavy (non-hydrogen) atoms. The molecule has 0 spiro atoms. The molecule has 2 aromatic rings. The number of thioether (sulfide) groups is 1. The summed E-state index contributed by atoms with van der Waals surface area (Å²) >= 11 is 1.26. The number of hydrogen-bond donors (Lipinski definition) is 0. The predicted octanol–water partition coefficient (Wildman–Crippen LogP) is 2.07. The van der Waals surface area contributed by atoms with E-state index in [2.05, 4.69) is 15.1 Å². The van der Waals surface area contributed by atoms with E-state index in [-0.39, 0.29) is 12.3 Å². The molecule has 0 radical (unpaired) electrons. The van der Waals surface area contributed by atoms with Crippen LogP contribution >= 0.6 is 11.8 Å². The highest BCUT2D eigenvalue weighted by Crippen LogP contribution is 2.27. The highest BCUT2D eigenvalue weighted by atomic mass is 32.2. The summed E-state index contributed by atoms with van der Waals surface area (Å²) in [5.74, 6) is -1.87. The van der Waals surface area contributed by atoms with E-state index in [0.717, 1.165) is 5.69 Å². The molecule has 1 fully saturated rings. The van der Waals surface area contributed by atoms with E-state index in [0.29, 0.717) is 23.9 Å². The first-order chi connectivity index (χ1) is 10.1. The van der Waals surface area contributed by atoms with Crippen molar-refractivity contribution in [2.24, 2.45) is 7.05 Å². The summed E-state index contributed by atoms with van der Waals surface area (Å²) in [6.45, 7) is 0.184. The number of alkyl halides is 2. The zero-order chi connectivity index (χ0) is 14.9. The van der Waals surface area contributed by atoms with Gasteiger partial charge in [-0.25, -0.2) is 18.7 Å². The molecule has 0 unspecified atom stereocenters. The Bertz CT molecular complexity index is 631. The van der Waals surface area contributed by atoms with Crippen LogP contribution in [-0.4, -0.2) is 50.3 Å². The van der Waals surface area contributed by atoms with Gasteiger partial charge in [-0.1, -0.05) is 0 Å². The quantitative estimate of drug-likeness (QED) is 0.849. The van der Waals surface area contributed by atoms with Gasteiger partial charge in [0.2, 0.25) is 5.95 Å². The van der Waals surface area contributed by atoms with E-state index >= 15 is 0 Å². The first kappa shape index (κ1) is 14.2. The van der Waals surface area contributed by atoms with Gasteiger partial charge in [-0.05, 0) is 12.1 Å². The molecular formula is C13H15F2N5S. The molecule has 0 saturated carbocycles. The lowest BCUT2D eigenvalue weighted by molar-refractivity contribution is 0.0365. The van der Waals surface area contributed by atoms with Gasteiger partial charge in [0, 0.05) is 31.7 Å². The predicted molar refractivity (Wildman–Crippen MR) is 78.7 cm³/mol. The Balaban J connectivity index is 1.90. The van der Waals surface area contributed by atoms with Crippen molar-refractivity contribution >= 4 is 17.7 Å². The molecule has 1 aliphatic rings. The van der Waals surface area contributed by atoms with E-state index < -0.39 is 5.92 Å². The Morgan fingerprint density at radius 2 is 2.14 bits per heavy atom. The molecule has 5 nitrogen and oxygen atoms in total. The summed E-state index contributed by atoms with van der Waals surface area (Å²) in [6, 6.07) is 3.59. The third kappa shape index (κ3) is 3.15. The molecule has 3 rings (SSSR count). The molecule has 8 heteroatoms. The maximum absolute atomic E-state index is 13.7. The van der Waals surface area contributed by atoms with Crippen molar-refractivity contribution in [1.82, 2.24) is 19.7 Å². The highest BCUT2D eigenvalue weighted by molar-refractivity contribution is 7.99. The Labute approximate surface area is 125 Å². The Hall–Kier alpha value is -1.70. The SMILES string of the molecule is Cn1nccc1-c1ccnc(N2CCSCC(F)(F)C2)n1. The fourth-order valence-electron chi connectivity index (χ4n) is 2.24. The summed E-state index contributed by atoms with van der Waals surface area (Å²) in [6.07, 6.45) is 3.27. The summed E-state index contributed by atoms with van der Waals surface area (Å²) in [5.41, 5.74) is 1.51. The van der Waals surface area contributed by atoms with E-state index in [1.165, 1.54) is 11.8 Å². The normalized spacial score (nSPS) is 18.5. The van der Waals surface area contributed by atoms with Crippen molar-refractivity contribution in [3.05, 3.63) is 24.5 Å². The third-order valence-electron chi connectivity index (χ3n) is 3.25. The molecule has 112 valence electrons. The van der Waals surface area contributed by atoms with Crippen molar-refractivity contribution in [2.75, 3.05) is 29.5 Å². The summed E-state index contributed by atoms with van der Waals surface area (Å²) in [5, 5.41) is 4.09. The van der Waals surface area contributed by atoms with Crippen molar-refractivity contribution in [3.63, 3.8) is 0 Å². The number of aryl methyl sites for hydroxylation is 1. The molecule has 0 aliphatic carbocycles. The number of aromatic nitrogens is 4. The second-order valence-corrected chi connectivity index (χ2v) is 6.02.